The van der Waals surface area contributed by atoms with Gasteiger partial charge in [0.1, 0.15) is 0 Å². The molecule has 0 fully saturated rings. The molecule has 0 aliphatic rings. The second-order valence-corrected chi connectivity index (χ2v) is 3.48. The monoisotopic (exact) mass is 202 g/mol. The van der Waals surface area contributed by atoms with E-state index in [1.807, 2.05) is 6.92 Å². The maximum atomic E-state index is 11.1. The number of aliphatic carboxylic acids is 1. The number of carbonyl (C=O) groups is 2. The quantitative estimate of drug-likeness (QED) is 0.569. The third kappa shape index (κ3) is 6.42. The fourth-order valence-electron chi connectivity index (χ4n) is 1.01. The number of amides is 1. The predicted octanol–water partition coefficient (Wildman–Crippen LogP) is 0.0932. The Morgan fingerprint density at radius 1 is 1.43 bits per heavy atom. The molecule has 82 valence electrons. The summed E-state index contributed by atoms with van der Waals surface area (Å²) in [7, 11) is 0. The SMILES string of the molecule is CC(CCCC(=O)O)NC(=O)[C@H](C)N. The minimum absolute atomic E-state index is 0.0205. The maximum absolute atomic E-state index is 11.1. The van der Waals surface area contributed by atoms with Gasteiger partial charge in [-0.1, -0.05) is 0 Å². The number of carboxylic acids is 1. The lowest BCUT2D eigenvalue weighted by molar-refractivity contribution is -0.137. The molecular weight excluding hydrogens is 184 g/mol. The van der Waals surface area contributed by atoms with Gasteiger partial charge in [0.2, 0.25) is 5.91 Å². The van der Waals surface area contributed by atoms with Crippen molar-refractivity contribution in [2.75, 3.05) is 0 Å². The Morgan fingerprint density at radius 3 is 2.43 bits per heavy atom. The molecular formula is C9H18N2O3. The van der Waals surface area contributed by atoms with Crippen LogP contribution in [0.15, 0.2) is 0 Å². The van der Waals surface area contributed by atoms with Crippen LogP contribution < -0.4 is 11.1 Å². The van der Waals surface area contributed by atoms with E-state index in [-0.39, 0.29) is 18.4 Å². The third-order valence-electron chi connectivity index (χ3n) is 1.83. The van der Waals surface area contributed by atoms with Gasteiger partial charge >= 0.3 is 5.97 Å². The first-order valence-electron chi connectivity index (χ1n) is 4.71. The van der Waals surface area contributed by atoms with Crippen LogP contribution in [-0.2, 0) is 9.59 Å². The summed E-state index contributed by atoms with van der Waals surface area (Å²) in [6.45, 7) is 3.45. The molecule has 0 spiro atoms. The lowest BCUT2D eigenvalue weighted by Crippen LogP contribution is -2.42. The van der Waals surface area contributed by atoms with Gasteiger partial charge in [-0.05, 0) is 26.7 Å². The first kappa shape index (κ1) is 12.9. The highest BCUT2D eigenvalue weighted by atomic mass is 16.4. The number of rotatable bonds is 6. The van der Waals surface area contributed by atoms with Crippen molar-refractivity contribution < 1.29 is 14.7 Å². The molecule has 0 bridgehead atoms. The van der Waals surface area contributed by atoms with Crippen LogP contribution >= 0.6 is 0 Å². The molecule has 0 aromatic carbocycles. The van der Waals surface area contributed by atoms with E-state index >= 15 is 0 Å². The number of hydrogen-bond acceptors (Lipinski definition) is 3. The van der Waals surface area contributed by atoms with E-state index in [1.54, 1.807) is 6.92 Å². The normalized spacial score (nSPS) is 14.5. The Labute approximate surface area is 83.7 Å². The van der Waals surface area contributed by atoms with Crippen molar-refractivity contribution in [3.05, 3.63) is 0 Å². The summed E-state index contributed by atoms with van der Waals surface area (Å²) < 4.78 is 0. The molecule has 0 saturated heterocycles. The Balaban J connectivity index is 3.60. The fraction of sp³-hybridized carbons (Fsp3) is 0.778. The van der Waals surface area contributed by atoms with Gasteiger partial charge in [0.15, 0.2) is 0 Å². The molecule has 0 aliphatic heterocycles. The molecule has 0 aromatic heterocycles. The highest BCUT2D eigenvalue weighted by Crippen LogP contribution is 2.00. The first-order valence-corrected chi connectivity index (χ1v) is 4.71. The zero-order valence-electron chi connectivity index (χ0n) is 8.62. The molecule has 0 heterocycles. The van der Waals surface area contributed by atoms with Gasteiger partial charge in [-0.3, -0.25) is 9.59 Å². The van der Waals surface area contributed by atoms with E-state index in [0.29, 0.717) is 12.8 Å². The number of carboxylic acid groups (broad SMARTS) is 1. The van der Waals surface area contributed by atoms with Crippen molar-refractivity contribution in [1.29, 1.82) is 0 Å². The van der Waals surface area contributed by atoms with Crippen LogP contribution in [0.4, 0.5) is 0 Å². The molecule has 0 aliphatic carbocycles. The number of carbonyl (C=O) groups excluding carboxylic acids is 1. The zero-order chi connectivity index (χ0) is 11.1. The molecule has 0 radical (unpaired) electrons. The van der Waals surface area contributed by atoms with E-state index < -0.39 is 12.0 Å². The second kappa shape index (κ2) is 6.37. The molecule has 1 unspecified atom stereocenters. The third-order valence-corrected chi connectivity index (χ3v) is 1.83. The van der Waals surface area contributed by atoms with Crippen LogP contribution in [0.5, 0.6) is 0 Å². The number of nitrogens with two attached hydrogens (primary N) is 1. The van der Waals surface area contributed by atoms with Crippen LogP contribution in [0.3, 0.4) is 0 Å². The van der Waals surface area contributed by atoms with Crippen molar-refractivity contribution in [3.63, 3.8) is 0 Å². The molecule has 14 heavy (non-hydrogen) atoms. The van der Waals surface area contributed by atoms with Gasteiger partial charge in [-0.15, -0.1) is 0 Å². The molecule has 2 atom stereocenters. The predicted molar refractivity (Wildman–Crippen MR) is 52.7 cm³/mol. The van der Waals surface area contributed by atoms with E-state index in [4.69, 9.17) is 10.8 Å². The lowest BCUT2D eigenvalue weighted by Gasteiger charge is -2.14. The van der Waals surface area contributed by atoms with Gasteiger partial charge in [-0.25, -0.2) is 0 Å². The summed E-state index contributed by atoms with van der Waals surface area (Å²) >= 11 is 0. The number of nitrogens with one attached hydrogen (secondary N) is 1. The average molecular weight is 202 g/mol. The van der Waals surface area contributed by atoms with E-state index in [2.05, 4.69) is 5.32 Å². The van der Waals surface area contributed by atoms with E-state index in [0.717, 1.165) is 0 Å². The van der Waals surface area contributed by atoms with Crippen molar-refractivity contribution in [2.24, 2.45) is 5.73 Å². The lowest BCUT2D eigenvalue weighted by atomic mass is 10.1. The van der Waals surface area contributed by atoms with Gasteiger partial charge in [0.05, 0.1) is 6.04 Å². The summed E-state index contributed by atoms with van der Waals surface area (Å²) in [4.78, 5) is 21.3. The zero-order valence-corrected chi connectivity index (χ0v) is 8.62. The van der Waals surface area contributed by atoms with Crippen LogP contribution in [0.1, 0.15) is 33.1 Å². The van der Waals surface area contributed by atoms with Gasteiger partial charge in [0, 0.05) is 12.5 Å². The average Bonchev–Trinajstić information content (AvgIpc) is 2.02. The minimum Gasteiger partial charge on any atom is -0.481 e. The van der Waals surface area contributed by atoms with Crippen molar-refractivity contribution >= 4 is 11.9 Å². The highest BCUT2D eigenvalue weighted by molar-refractivity contribution is 5.81. The first-order chi connectivity index (χ1) is 6.43. The van der Waals surface area contributed by atoms with E-state index in [1.165, 1.54) is 0 Å². The molecule has 0 saturated carbocycles. The molecule has 5 nitrogen and oxygen atoms in total. The fourth-order valence-corrected chi connectivity index (χ4v) is 1.01. The van der Waals surface area contributed by atoms with Crippen LogP contribution in [0, 0.1) is 0 Å². The standard InChI is InChI=1S/C9H18N2O3/c1-6(4-3-5-8(12)13)11-9(14)7(2)10/h6-7H,3-5,10H2,1-2H3,(H,11,14)(H,12,13)/t6?,7-/m0/s1. The highest BCUT2D eigenvalue weighted by Gasteiger charge is 2.10. The summed E-state index contributed by atoms with van der Waals surface area (Å²) in [6.07, 6.45) is 1.36. The Bertz CT molecular complexity index is 204. The van der Waals surface area contributed by atoms with Crippen LogP contribution in [0.2, 0.25) is 0 Å². The van der Waals surface area contributed by atoms with Crippen molar-refractivity contribution in [2.45, 2.75) is 45.2 Å². The molecule has 0 aromatic rings. The van der Waals surface area contributed by atoms with Crippen LogP contribution in [0.25, 0.3) is 0 Å². The summed E-state index contributed by atoms with van der Waals surface area (Å²) in [5.41, 5.74) is 5.35. The summed E-state index contributed by atoms with van der Waals surface area (Å²) in [5, 5.41) is 11.1. The molecule has 4 N–H and O–H groups in total. The van der Waals surface area contributed by atoms with Crippen LogP contribution in [-0.4, -0.2) is 29.1 Å². The van der Waals surface area contributed by atoms with Gasteiger partial charge in [0.25, 0.3) is 0 Å². The van der Waals surface area contributed by atoms with Gasteiger partial charge < -0.3 is 16.2 Å². The minimum atomic E-state index is -0.810. The van der Waals surface area contributed by atoms with Crippen molar-refractivity contribution in [1.82, 2.24) is 5.32 Å². The Morgan fingerprint density at radius 2 is 2.00 bits per heavy atom. The number of hydrogen-bond donors (Lipinski definition) is 3. The second-order valence-electron chi connectivity index (χ2n) is 3.48. The van der Waals surface area contributed by atoms with Gasteiger partial charge in [-0.2, -0.15) is 0 Å². The topological polar surface area (TPSA) is 92.4 Å². The van der Waals surface area contributed by atoms with Crippen molar-refractivity contribution in [3.8, 4) is 0 Å². The Kier molecular flexibility index (Phi) is 5.87. The largest absolute Gasteiger partial charge is 0.481 e. The smallest absolute Gasteiger partial charge is 0.303 e. The Hall–Kier alpha value is -1.10. The summed E-state index contributed by atoms with van der Waals surface area (Å²) in [6, 6.07) is -0.537. The summed E-state index contributed by atoms with van der Waals surface area (Å²) in [5.74, 6) is -1.01. The maximum Gasteiger partial charge on any atom is 0.303 e. The molecule has 0 rings (SSSR count). The van der Waals surface area contributed by atoms with E-state index in [9.17, 15) is 9.59 Å². The molecule has 1 amide bonds. The molecule has 5 heteroatoms.